The molecule has 3 N–H and O–H groups in total. The van der Waals surface area contributed by atoms with Crippen molar-refractivity contribution >= 4 is 23.1 Å². The molecule has 0 unspecified atom stereocenters. The molecule has 0 aliphatic rings. The van der Waals surface area contributed by atoms with E-state index in [1.54, 1.807) is 12.1 Å². The van der Waals surface area contributed by atoms with E-state index in [2.05, 4.69) is 5.43 Å². The van der Waals surface area contributed by atoms with E-state index in [0.717, 1.165) is 4.90 Å². The van der Waals surface area contributed by atoms with Gasteiger partial charge in [0, 0.05) is 11.0 Å². The summed E-state index contributed by atoms with van der Waals surface area (Å²) in [6.45, 7) is 0. The van der Waals surface area contributed by atoms with Crippen LogP contribution in [0, 0.1) is 10.1 Å². The highest BCUT2D eigenvalue weighted by atomic mass is 32.2. The van der Waals surface area contributed by atoms with Crippen molar-refractivity contribution in [2.75, 3.05) is 11.7 Å². The van der Waals surface area contributed by atoms with Gasteiger partial charge in [-0.3, -0.25) is 16.0 Å². The Kier molecular flexibility index (Phi) is 3.10. The minimum absolute atomic E-state index is 0.00523. The van der Waals surface area contributed by atoms with Crippen LogP contribution < -0.4 is 11.3 Å². The summed E-state index contributed by atoms with van der Waals surface area (Å²) >= 11 is 1.45. The summed E-state index contributed by atoms with van der Waals surface area (Å²) in [7, 11) is 0. The number of anilines is 1. The number of hydrogen-bond donors (Lipinski definition) is 2. The average Bonchev–Trinajstić information content (AvgIpc) is 2.16. The van der Waals surface area contributed by atoms with Crippen LogP contribution in [0.15, 0.2) is 23.1 Å². The smallest absolute Gasteiger partial charge is 0.294 e. The molecule has 0 spiro atoms. The first-order valence-corrected chi connectivity index (χ1v) is 4.70. The van der Waals surface area contributed by atoms with Gasteiger partial charge < -0.3 is 5.43 Å². The van der Waals surface area contributed by atoms with Gasteiger partial charge in [0.05, 0.1) is 4.92 Å². The Bertz CT molecular complexity index is 330. The van der Waals surface area contributed by atoms with Crippen molar-refractivity contribution in [2.45, 2.75) is 4.90 Å². The molecule has 1 rings (SSSR count). The summed E-state index contributed by atoms with van der Waals surface area (Å²) in [6, 6.07) is 4.84. The predicted molar refractivity (Wildman–Crippen MR) is 52.7 cm³/mol. The third kappa shape index (κ3) is 2.10. The largest absolute Gasteiger partial charge is 0.318 e. The van der Waals surface area contributed by atoms with E-state index < -0.39 is 4.92 Å². The molecular weight excluding hydrogens is 190 g/mol. The van der Waals surface area contributed by atoms with Gasteiger partial charge in [-0.1, -0.05) is 0 Å². The number of nitrogens with two attached hydrogens (primary N) is 1. The minimum atomic E-state index is -0.463. The first-order chi connectivity index (χ1) is 6.19. The Morgan fingerprint density at radius 1 is 1.62 bits per heavy atom. The fourth-order valence-corrected chi connectivity index (χ4v) is 1.35. The van der Waals surface area contributed by atoms with E-state index in [9.17, 15) is 10.1 Å². The number of nitro groups is 1. The second-order valence-corrected chi connectivity index (χ2v) is 3.16. The SMILES string of the molecule is CSc1ccc(NN)c([N+](=O)[O-])c1. The van der Waals surface area contributed by atoms with Crippen LogP contribution in [0.1, 0.15) is 0 Å². The topological polar surface area (TPSA) is 81.2 Å². The number of nitro benzene ring substituents is 1. The van der Waals surface area contributed by atoms with Crippen LogP contribution in [0.4, 0.5) is 11.4 Å². The lowest BCUT2D eigenvalue weighted by Gasteiger charge is -2.02. The molecule has 0 aliphatic carbocycles. The summed E-state index contributed by atoms with van der Waals surface area (Å²) < 4.78 is 0. The highest BCUT2D eigenvalue weighted by molar-refractivity contribution is 7.98. The van der Waals surface area contributed by atoms with Crippen molar-refractivity contribution < 1.29 is 4.92 Å². The molecular formula is C7H9N3O2S. The van der Waals surface area contributed by atoms with Gasteiger partial charge in [-0.05, 0) is 18.4 Å². The molecule has 13 heavy (non-hydrogen) atoms. The van der Waals surface area contributed by atoms with E-state index in [0.29, 0.717) is 5.69 Å². The van der Waals surface area contributed by atoms with Crippen molar-refractivity contribution in [3.8, 4) is 0 Å². The van der Waals surface area contributed by atoms with Crippen LogP contribution in [-0.2, 0) is 0 Å². The van der Waals surface area contributed by atoms with Crippen LogP contribution in [0.3, 0.4) is 0 Å². The lowest BCUT2D eigenvalue weighted by molar-refractivity contribution is -0.384. The van der Waals surface area contributed by atoms with Gasteiger partial charge in [-0.25, -0.2) is 0 Å². The molecule has 0 bridgehead atoms. The maximum absolute atomic E-state index is 10.5. The quantitative estimate of drug-likeness (QED) is 0.334. The third-order valence-electron chi connectivity index (χ3n) is 1.56. The van der Waals surface area contributed by atoms with E-state index in [4.69, 9.17) is 5.84 Å². The van der Waals surface area contributed by atoms with Crippen molar-refractivity contribution in [3.63, 3.8) is 0 Å². The number of nitrogens with zero attached hydrogens (tertiary/aromatic N) is 1. The molecule has 6 heteroatoms. The molecule has 0 atom stereocenters. The lowest BCUT2D eigenvalue weighted by atomic mass is 10.3. The fraction of sp³-hybridized carbons (Fsp3) is 0.143. The number of nitrogens with one attached hydrogen (secondary N) is 1. The number of nitrogen functional groups attached to an aromatic ring is 1. The van der Waals surface area contributed by atoms with Gasteiger partial charge in [0.25, 0.3) is 5.69 Å². The zero-order chi connectivity index (χ0) is 9.84. The highest BCUT2D eigenvalue weighted by Gasteiger charge is 2.12. The number of rotatable bonds is 3. The molecule has 0 radical (unpaired) electrons. The second kappa shape index (κ2) is 4.11. The highest BCUT2D eigenvalue weighted by Crippen LogP contribution is 2.28. The molecule has 0 heterocycles. The Morgan fingerprint density at radius 2 is 2.31 bits per heavy atom. The lowest BCUT2D eigenvalue weighted by Crippen LogP contribution is -2.08. The monoisotopic (exact) mass is 199 g/mol. The summed E-state index contributed by atoms with van der Waals surface area (Å²) in [5, 5.41) is 10.5. The molecule has 0 aliphatic heterocycles. The number of benzene rings is 1. The van der Waals surface area contributed by atoms with Crippen LogP contribution in [0.2, 0.25) is 0 Å². The molecule has 0 saturated heterocycles. The summed E-state index contributed by atoms with van der Waals surface area (Å²) in [5.41, 5.74) is 2.59. The van der Waals surface area contributed by atoms with Crippen molar-refractivity contribution in [1.29, 1.82) is 0 Å². The van der Waals surface area contributed by atoms with Gasteiger partial charge in [0.2, 0.25) is 0 Å². The Balaban J connectivity index is 3.18. The van der Waals surface area contributed by atoms with Gasteiger partial charge >= 0.3 is 0 Å². The number of thioether (sulfide) groups is 1. The molecule has 5 nitrogen and oxygen atoms in total. The maximum Gasteiger partial charge on any atom is 0.294 e. The summed E-state index contributed by atoms with van der Waals surface area (Å²) in [6.07, 6.45) is 1.86. The van der Waals surface area contributed by atoms with Crippen molar-refractivity contribution in [3.05, 3.63) is 28.3 Å². The van der Waals surface area contributed by atoms with Gasteiger partial charge in [-0.15, -0.1) is 11.8 Å². The van der Waals surface area contributed by atoms with E-state index in [1.165, 1.54) is 17.8 Å². The average molecular weight is 199 g/mol. The van der Waals surface area contributed by atoms with Crippen LogP contribution in [0.25, 0.3) is 0 Å². The first kappa shape index (κ1) is 9.82. The Hall–Kier alpha value is -1.27. The van der Waals surface area contributed by atoms with Gasteiger partial charge in [-0.2, -0.15) is 0 Å². The number of hydrazine groups is 1. The predicted octanol–water partition coefficient (Wildman–Crippen LogP) is 1.60. The first-order valence-electron chi connectivity index (χ1n) is 3.48. The Morgan fingerprint density at radius 3 is 2.77 bits per heavy atom. The molecule has 0 amide bonds. The zero-order valence-electron chi connectivity index (χ0n) is 6.98. The minimum Gasteiger partial charge on any atom is -0.318 e. The van der Waals surface area contributed by atoms with E-state index >= 15 is 0 Å². The van der Waals surface area contributed by atoms with Crippen LogP contribution in [0.5, 0.6) is 0 Å². The maximum atomic E-state index is 10.5. The van der Waals surface area contributed by atoms with Crippen molar-refractivity contribution in [2.24, 2.45) is 5.84 Å². The molecule has 0 saturated carbocycles. The molecule has 70 valence electrons. The number of hydrogen-bond acceptors (Lipinski definition) is 5. The van der Waals surface area contributed by atoms with Crippen LogP contribution >= 0.6 is 11.8 Å². The van der Waals surface area contributed by atoms with E-state index in [1.807, 2.05) is 6.26 Å². The van der Waals surface area contributed by atoms with E-state index in [-0.39, 0.29) is 5.69 Å². The second-order valence-electron chi connectivity index (χ2n) is 2.28. The van der Waals surface area contributed by atoms with Crippen molar-refractivity contribution in [1.82, 2.24) is 0 Å². The molecule has 0 aromatic heterocycles. The zero-order valence-corrected chi connectivity index (χ0v) is 7.80. The van der Waals surface area contributed by atoms with Crippen LogP contribution in [-0.4, -0.2) is 11.2 Å². The summed E-state index contributed by atoms with van der Waals surface area (Å²) in [5.74, 6) is 5.12. The Labute approximate surface area is 79.4 Å². The summed E-state index contributed by atoms with van der Waals surface area (Å²) in [4.78, 5) is 10.9. The molecule has 1 aromatic carbocycles. The van der Waals surface area contributed by atoms with Gasteiger partial charge in [0.1, 0.15) is 5.69 Å². The fourth-order valence-electron chi connectivity index (χ4n) is 0.912. The molecule has 1 aromatic rings. The third-order valence-corrected chi connectivity index (χ3v) is 2.28. The standard InChI is InChI=1S/C7H9N3O2S/c1-13-5-2-3-6(9-8)7(4-5)10(11)12/h2-4,9H,8H2,1H3. The van der Waals surface area contributed by atoms with Gasteiger partial charge in [0.15, 0.2) is 0 Å². The molecule has 0 fully saturated rings. The normalized spacial score (nSPS) is 9.69.